The fourth-order valence-electron chi connectivity index (χ4n) is 2.73. The van der Waals surface area contributed by atoms with Crippen LogP contribution in [-0.4, -0.2) is 39.9 Å². The Morgan fingerprint density at radius 3 is 2.54 bits per heavy atom. The SMILES string of the molecule is O=C(C(=O)N1CCC(c2cc(=O)[nH][nH]2)C1)c1ccc(F)c(F)c1F. The summed E-state index contributed by atoms with van der Waals surface area (Å²) < 4.78 is 39.8. The van der Waals surface area contributed by atoms with E-state index in [2.05, 4.69) is 10.2 Å². The Balaban J connectivity index is 1.76. The number of hydrogen-bond donors (Lipinski definition) is 2. The summed E-state index contributed by atoms with van der Waals surface area (Å²) in [4.78, 5) is 36.6. The molecule has 1 aromatic heterocycles. The van der Waals surface area contributed by atoms with Gasteiger partial charge in [0.2, 0.25) is 0 Å². The molecule has 0 saturated carbocycles. The highest BCUT2D eigenvalue weighted by molar-refractivity contribution is 6.42. The first-order valence-electron chi connectivity index (χ1n) is 7.13. The van der Waals surface area contributed by atoms with Gasteiger partial charge < -0.3 is 10.00 Å². The van der Waals surface area contributed by atoms with Crippen LogP contribution < -0.4 is 5.56 Å². The van der Waals surface area contributed by atoms with Crippen LogP contribution in [0.3, 0.4) is 0 Å². The average Bonchev–Trinajstić information content (AvgIpc) is 3.20. The quantitative estimate of drug-likeness (QED) is 0.502. The summed E-state index contributed by atoms with van der Waals surface area (Å²) in [6.45, 7) is 0.386. The summed E-state index contributed by atoms with van der Waals surface area (Å²) in [5.41, 5.74) is -0.520. The number of nitrogens with one attached hydrogen (secondary N) is 2. The molecule has 0 aliphatic carbocycles. The van der Waals surface area contributed by atoms with Crippen LogP contribution in [0.5, 0.6) is 0 Å². The lowest BCUT2D eigenvalue weighted by atomic mass is 10.1. The van der Waals surface area contributed by atoms with Crippen LogP contribution in [0.15, 0.2) is 23.0 Å². The minimum Gasteiger partial charge on any atom is -0.335 e. The number of nitrogens with zero attached hydrogens (tertiary/aromatic N) is 1. The molecule has 1 amide bonds. The van der Waals surface area contributed by atoms with Crippen molar-refractivity contribution in [2.45, 2.75) is 12.3 Å². The number of carbonyl (C=O) groups excluding carboxylic acids is 2. The molecule has 3 rings (SSSR count). The number of carbonyl (C=O) groups is 2. The second kappa shape index (κ2) is 5.99. The predicted octanol–water partition coefficient (Wildman–Crippen LogP) is 1.32. The van der Waals surface area contributed by atoms with E-state index in [-0.39, 0.29) is 24.6 Å². The van der Waals surface area contributed by atoms with Crippen LogP contribution >= 0.6 is 0 Å². The topological polar surface area (TPSA) is 86.0 Å². The Bertz CT molecular complexity index is 874. The molecule has 1 aromatic carbocycles. The van der Waals surface area contributed by atoms with Gasteiger partial charge in [0.15, 0.2) is 17.5 Å². The normalized spacial score (nSPS) is 17.3. The molecule has 1 unspecified atom stereocenters. The van der Waals surface area contributed by atoms with Crippen LogP contribution in [0.25, 0.3) is 0 Å². The predicted molar refractivity (Wildman–Crippen MR) is 76.0 cm³/mol. The number of aromatic amines is 2. The average molecular weight is 339 g/mol. The van der Waals surface area contributed by atoms with Gasteiger partial charge in [-0.3, -0.25) is 19.5 Å². The van der Waals surface area contributed by atoms with Gasteiger partial charge in [-0.2, -0.15) is 0 Å². The number of H-pyrrole nitrogens is 2. The first-order valence-corrected chi connectivity index (χ1v) is 7.13. The number of halogens is 3. The fraction of sp³-hybridized carbons (Fsp3) is 0.267. The van der Waals surface area contributed by atoms with Gasteiger partial charge in [0.1, 0.15) is 0 Å². The molecular weight excluding hydrogens is 327 g/mol. The van der Waals surface area contributed by atoms with Gasteiger partial charge in [-0.15, -0.1) is 0 Å². The molecule has 2 aromatic rings. The first-order chi connectivity index (χ1) is 11.4. The Morgan fingerprint density at radius 1 is 1.12 bits per heavy atom. The Hall–Kier alpha value is -2.84. The fourth-order valence-corrected chi connectivity index (χ4v) is 2.73. The highest BCUT2D eigenvalue weighted by atomic mass is 19.2. The van der Waals surface area contributed by atoms with Gasteiger partial charge in [-0.25, -0.2) is 13.2 Å². The van der Waals surface area contributed by atoms with E-state index in [4.69, 9.17) is 0 Å². The standard InChI is InChI=1S/C15H12F3N3O3/c16-9-2-1-8(12(17)13(9)18)14(23)15(24)21-4-3-7(6-21)10-5-11(22)20-19-10/h1-2,5,7H,3-4,6H2,(H2,19,20,22). The Morgan fingerprint density at radius 2 is 1.88 bits per heavy atom. The third kappa shape index (κ3) is 2.72. The van der Waals surface area contributed by atoms with Crippen LogP contribution in [-0.2, 0) is 4.79 Å². The lowest BCUT2D eigenvalue weighted by molar-refractivity contribution is -0.125. The molecule has 9 heteroatoms. The van der Waals surface area contributed by atoms with E-state index < -0.39 is 34.7 Å². The van der Waals surface area contributed by atoms with Crippen LogP contribution in [0.1, 0.15) is 28.4 Å². The number of benzene rings is 1. The smallest absolute Gasteiger partial charge is 0.295 e. The van der Waals surface area contributed by atoms with Crippen LogP contribution in [0.2, 0.25) is 0 Å². The third-order valence-electron chi connectivity index (χ3n) is 4.01. The third-order valence-corrected chi connectivity index (χ3v) is 4.01. The Labute approximate surface area is 133 Å². The maximum absolute atomic E-state index is 13.7. The molecule has 1 saturated heterocycles. The number of rotatable bonds is 3. The molecule has 1 aliphatic rings. The van der Waals surface area contributed by atoms with Crippen molar-refractivity contribution in [1.82, 2.24) is 15.1 Å². The minimum atomic E-state index is -1.79. The van der Waals surface area contributed by atoms with Gasteiger partial charge in [-0.1, -0.05) is 0 Å². The summed E-state index contributed by atoms with van der Waals surface area (Å²) in [7, 11) is 0. The van der Waals surface area contributed by atoms with Gasteiger partial charge in [0, 0.05) is 30.8 Å². The van der Waals surface area contributed by atoms with E-state index in [1.807, 2.05) is 0 Å². The second-order valence-corrected chi connectivity index (χ2v) is 5.50. The molecule has 24 heavy (non-hydrogen) atoms. The number of ketones is 1. The van der Waals surface area contributed by atoms with E-state index >= 15 is 0 Å². The number of amides is 1. The molecule has 0 spiro atoms. The second-order valence-electron chi connectivity index (χ2n) is 5.50. The van der Waals surface area contributed by atoms with Crippen molar-refractivity contribution < 1.29 is 22.8 Å². The molecule has 0 bridgehead atoms. The van der Waals surface area contributed by atoms with E-state index in [1.165, 1.54) is 11.0 Å². The summed E-state index contributed by atoms with van der Waals surface area (Å²) >= 11 is 0. The van der Waals surface area contributed by atoms with Crippen molar-refractivity contribution in [2.75, 3.05) is 13.1 Å². The van der Waals surface area contributed by atoms with E-state index in [0.717, 1.165) is 6.07 Å². The van der Waals surface area contributed by atoms with Gasteiger partial charge in [0.05, 0.1) is 5.56 Å². The maximum atomic E-state index is 13.7. The largest absolute Gasteiger partial charge is 0.335 e. The number of Topliss-reactive ketones (excluding diaryl/α,β-unsaturated/α-hetero) is 1. The van der Waals surface area contributed by atoms with Gasteiger partial charge in [0.25, 0.3) is 17.2 Å². The molecule has 126 valence electrons. The molecule has 1 fully saturated rings. The van der Waals surface area contributed by atoms with Crippen molar-refractivity contribution in [3.8, 4) is 0 Å². The summed E-state index contributed by atoms with van der Waals surface area (Å²) in [5.74, 6) is -7.32. The molecule has 2 heterocycles. The number of hydrogen-bond acceptors (Lipinski definition) is 3. The lowest BCUT2D eigenvalue weighted by Crippen LogP contribution is -2.35. The molecule has 1 aliphatic heterocycles. The zero-order valence-corrected chi connectivity index (χ0v) is 12.2. The molecule has 0 radical (unpaired) electrons. The van der Waals surface area contributed by atoms with E-state index in [9.17, 15) is 27.6 Å². The number of likely N-dealkylation sites (tertiary alicyclic amines) is 1. The van der Waals surface area contributed by atoms with E-state index in [1.54, 1.807) is 0 Å². The van der Waals surface area contributed by atoms with Crippen molar-refractivity contribution in [2.24, 2.45) is 0 Å². The van der Waals surface area contributed by atoms with Crippen molar-refractivity contribution in [3.63, 3.8) is 0 Å². The number of aromatic nitrogens is 2. The van der Waals surface area contributed by atoms with Crippen LogP contribution in [0, 0.1) is 17.5 Å². The monoisotopic (exact) mass is 339 g/mol. The molecule has 6 nitrogen and oxygen atoms in total. The molecular formula is C15H12F3N3O3. The highest BCUT2D eigenvalue weighted by Crippen LogP contribution is 2.26. The zero-order chi connectivity index (χ0) is 17.4. The highest BCUT2D eigenvalue weighted by Gasteiger charge is 2.33. The van der Waals surface area contributed by atoms with Crippen molar-refractivity contribution in [3.05, 3.63) is 57.3 Å². The minimum absolute atomic E-state index is 0.156. The van der Waals surface area contributed by atoms with Crippen molar-refractivity contribution in [1.29, 1.82) is 0 Å². The summed E-state index contributed by atoms with van der Waals surface area (Å²) in [5, 5.41) is 5.06. The van der Waals surface area contributed by atoms with E-state index in [0.29, 0.717) is 18.2 Å². The van der Waals surface area contributed by atoms with Crippen molar-refractivity contribution >= 4 is 11.7 Å². The zero-order valence-electron chi connectivity index (χ0n) is 12.2. The van der Waals surface area contributed by atoms with Gasteiger partial charge >= 0.3 is 0 Å². The Kier molecular flexibility index (Phi) is 4.00. The maximum Gasteiger partial charge on any atom is 0.295 e. The summed E-state index contributed by atoms with van der Waals surface area (Å²) in [6, 6.07) is 2.69. The lowest BCUT2D eigenvalue weighted by Gasteiger charge is -2.15. The molecule has 1 atom stereocenters. The summed E-state index contributed by atoms with van der Waals surface area (Å²) in [6.07, 6.45) is 0.507. The first kappa shape index (κ1) is 16.0. The molecule has 2 N–H and O–H groups in total. The van der Waals surface area contributed by atoms with Gasteiger partial charge in [-0.05, 0) is 18.6 Å². The van der Waals surface area contributed by atoms with Crippen LogP contribution in [0.4, 0.5) is 13.2 Å².